The maximum Gasteiger partial charge on any atom is 0.326 e. The van der Waals surface area contributed by atoms with E-state index in [-0.39, 0.29) is 17.2 Å². The van der Waals surface area contributed by atoms with Gasteiger partial charge in [-0.3, -0.25) is 14.7 Å². The molecule has 2 atom stereocenters. The standard InChI is InChI=1S/C29H28FN3O5S/c1-38-25-11-4-3-10-24(25)28-31-26(19-12-14-23(15-13-19)39(2,36)37)27(20-7-5-8-21(30)17-20)33(28)29(35)32-16-6-9-22(34)18-32/h3-5,7-8,10-15,17,26-27H,6,9,16,18H2,1-2H3. The number of hydrogen-bond donors (Lipinski definition) is 0. The first-order chi connectivity index (χ1) is 18.7. The Hall–Kier alpha value is -4.05. The minimum atomic E-state index is -3.43. The summed E-state index contributed by atoms with van der Waals surface area (Å²) in [5, 5.41) is 0. The van der Waals surface area contributed by atoms with Crippen LogP contribution in [-0.2, 0) is 14.6 Å². The molecule has 2 aliphatic heterocycles. The zero-order chi connectivity index (χ0) is 27.7. The minimum Gasteiger partial charge on any atom is -0.496 e. The van der Waals surface area contributed by atoms with Gasteiger partial charge in [0.25, 0.3) is 0 Å². The molecule has 2 unspecified atom stereocenters. The Morgan fingerprint density at radius 2 is 1.77 bits per heavy atom. The number of hydrogen-bond acceptors (Lipinski definition) is 6. The lowest BCUT2D eigenvalue weighted by atomic mass is 9.93. The number of sulfone groups is 1. The van der Waals surface area contributed by atoms with Crippen LogP contribution >= 0.6 is 0 Å². The van der Waals surface area contributed by atoms with Crippen LogP contribution in [0.25, 0.3) is 0 Å². The molecule has 3 aromatic carbocycles. The minimum absolute atomic E-state index is 0.0157. The molecular formula is C29H28FN3O5S. The number of amides is 2. The number of urea groups is 1. The molecule has 0 aliphatic carbocycles. The first kappa shape index (κ1) is 26.6. The van der Waals surface area contributed by atoms with E-state index in [1.165, 1.54) is 41.2 Å². The lowest BCUT2D eigenvalue weighted by Gasteiger charge is -2.35. The summed E-state index contributed by atoms with van der Waals surface area (Å²) in [6.07, 6.45) is 2.10. The fraction of sp³-hybridized carbons (Fsp3) is 0.276. The highest BCUT2D eigenvalue weighted by Gasteiger charge is 2.45. The number of methoxy groups -OCH3 is 1. The van der Waals surface area contributed by atoms with Crippen molar-refractivity contribution in [1.29, 1.82) is 0 Å². The number of likely N-dealkylation sites (tertiary alicyclic amines) is 1. The predicted octanol–water partition coefficient (Wildman–Crippen LogP) is 4.57. The molecule has 0 radical (unpaired) electrons. The van der Waals surface area contributed by atoms with E-state index in [1.54, 1.807) is 48.5 Å². The quantitative estimate of drug-likeness (QED) is 0.465. The van der Waals surface area contributed by atoms with Gasteiger partial charge in [0.1, 0.15) is 23.4 Å². The van der Waals surface area contributed by atoms with Crippen LogP contribution in [-0.4, -0.2) is 62.3 Å². The molecule has 2 heterocycles. The van der Waals surface area contributed by atoms with Crippen LogP contribution in [0.15, 0.2) is 82.7 Å². The highest BCUT2D eigenvalue weighted by atomic mass is 32.2. The number of Topliss-reactive ketones (excluding diaryl/α,β-unsaturated/α-hetero) is 1. The van der Waals surface area contributed by atoms with Gasteiger partial charge >= 0.3 is 6.03 Å². The molecule has 0 spiro atoms. The highest BCUT2D eigenvalue weighted by molar-refractivity contribution is 7.90. The number of aliphatic imine (C=N–C) groups is 1. The summed E-state index contributed by atoms with van der Waals surface area (Å²) in [6, 6.07) is 17.6. The summed E-state index contributed by atoms with van der Waals surface area (Å²) in [4.78, 5) is 34.6. The molecule has 0 aromatic heterocycles. The molecule has 3 aromatic rings. The number of ketones is 1. The van der Waals surface area contributed by atoms with Crippen molar-refractivity contribution in [1.82, 2.24) is 9.80 Å². The van der Waals surface area contributed by atoms with Crippen LogP contribution < -0.4 is 4.74 Å². The van der Waals surface area contributed by atoms with Gasteiger partial charge in [0, 0.05) is 19.2 Å². The molecule has 0 saturated carbocycles. The van der Waals surface area contributed by atoms with Gasteiger partial charge in [0.05, 0.1) is 30.2 Å². The molecule has 1 fully saturated rings. The van der Waals surface area contributed by atoms with E-state index >= 15 is 0 Å². The van der Waals surface area contributed by atoms with Gasteiger partial charge in [-0.15, -0.1) is 0 Å². The van der Waals surface area contributed by atoms with Gasteiger partial charge in [0.15, 0.2) is 15.6 Å². The van der Waals surface area contributed by atoms with Crippen LogP contribution in [0.3, 0.4) is 0 Å². The maximum absolute atomic E-state index is 14.5. The van der Waals surface area contributed by atoms with Gasteiger partial charge in [-0.25, -0.2) is 17.6 Å². The summed E-state index contributed by atoms with van der Waals surface area (Å²) in [6.45, 7) is 0.391. The maximum atomic E-state index is 14.5. The van der Waals surface area contributed by atoms with Crippen LogP contribution in [0.2, 0.25) is 0 Å². The number of para-hydroxylation sites is 1. The number of carbonyl (C=O) groups excluding carboxylic acids is 2. The van der Waals surface area contributed by atoms with Crippen molar-refractivity contribution in [3.63, 3.8) is 0 Å². The number of nitrogens with zero attached hydrogens (tertiary/aromatic N) is 3. The van der Waals surface area contributed by atoms with Crippen molar-refractivity contribution >= 4 is 27.5 Å². The van der Waals surface area contributed by atoms with Gasteiger partial charge in [-0.05, 0) is 53.9 Å². The second-order valence-corrected chi connectivity index (χ2v) is 11.7. The first-order valence-electron chi connectivity index (χ1n) is 12.5. The number of piperidine rings is 1. The van der Waals surface area contributed by atoms with E-state index in [1.807, 2.05) is 0 Å². The molecule has 0 N–H and O–H groups in total. The Morgan fingerprint density at radius 3 is 2.44 bits per heavy atom. The third-order valence-electron chi connectivity index (χ3n) is 6.98. The monoisotopic (exact) mass is 549 g/mol. The third kappa shape index (κ3) is 5.29. The van der Waals surface area contributed by atoms with Gasteiger partial charge in [-0.2, -0.15) is 0 Å². The smallest absolute Gasteiger partial charge is 0.326 e. The molecule has 2 aliphatic rings. The number of carbonyl (C=O) groups is 2. The summed E-state index contributed by atoms with van der Waals surface area (Å²) < 4.78 is 44.3. The Kier molecular flexibility index (Phi) is 7.22. The molecule has 0 bridgehead atoms. The Morgan fingerprint density at radius 1 is 1.03 bits per heavy atom. The van der Waals surface area contributed by atoms with Crippen LogP contribution in [0, 0.1) is 5.82 Å². The molecule has 5 rings (SSSR count). The van der Waals surface area contributed by atoms with Crippen LogP contribution in [0.5, 0.6) is 5.75 Å². The SMILES string of the molecule is COc1ccccc1C1=NC(c2ccc(S(C)(=O)=O)cc2)C(c2cccc(F)c2)N1C(=O)N1CCCC(=O)C1. The Balaban J connectivity index is 1.70. The van der Waals surface area contributed by atoms with E-state index < -0.39 is 33.8 Å². The second kappa shape index (κ2) is 10.6. The third-order valence-corrected chi connectivity index (χ3v) is 8.11. The number of benzene rings is 3. The number of amidine groups is 1. The fourth-order valence-electron chi connectivity index (χ4n) is 5.12. The lowest BCUT2D eigenvalue weighted by molar-refractivity contribution is -0.121. The summed E-state index contributed by atoms with van der Waals surface area (Å²) in [7, 11) is -1.90. The van der Waals surface area contributed by atoms with Gasteiger partial charge in [0.2, 0.25) is 0 Å². The molecule has 202 valence electrons. The molecular weight excluding hydrogens is 521 g/mol. The van der Waals surface area contributed by atoms with E-state index in [0.29, 0.717) is 47.7 Å². The van der Waals surface area contributed by atoms with Crippen LogP contribution in [0.1, 0.15) is 41.6 Å². The van der Waals surface area contributed by atoms with E-state index in [9.17, 15) is 22.4 Å². The summed E-state index contributed by atoms with van der Waals surface area (Å²) in [5.41, 5.74) is 1.72. The molecule has 39 heavy (non-hydrogen) atoms. The van der Waals surface area contributed by atoms with E-state index in [4.69, 9.17) is 9.73 Å². The predicted molar refractivity (Wildman–Crippen MR) is 144 cm³/mol. The van der Waals surface area contributed by atoms with Crippen molar-refractivity contribution in [3.05, 3.63) is 95.3 Å². The van der Waals surface area contributed by atoms with E-state index in [2.05, 4.69) is 0 Å². The average Bonchev–Trinajstić information content (AvgIpc) is 3.32. The summed E-state index contributed by atoms with van der Waals surface area (Å²) in [5.74, 6) is 0.321. The van der Waals surface area contributed by atoms with Crippen molar-refractivity contribution in [2.75, 3.05) is 26.5 Å². The zero-order valence-corrected chi connectivity index (χ0v) is 22.4. The first-order valence-corrected chi connectivity index (χ1v) is 14.4. The molecule has 1 saturated heterocycles. The zero-order valence-electron chi connectivity index (χ0n) is 21.6. The van der Waals surface area contributed by atoms with Crippen molar-refractivity contribution in [2.24, 2.45) is 4.99 Å². The van der Waals surface area contributed by atoms with Crippen LogP contribution in [0.4, 0.5) is 9.18 Å². The summed E-state index contributed by atoms with van der Waals surface area (Å²) >= 11 is 0. The Labute approximate surface area is 226 Å². The largest absolute Gasteiger partial charge is 0.496 e. The van der Waals surface area contributed by atoms with Gasteiger partial charge in [-0.1, -0.05) is 36.4 Å². The molecule has 10 heteroatoms. The Bertz CT molecular complexity index is 1560. The number of ether oxygens (including phenoxy) is 1. The van der Waals surface area contributed by atoms with Gasteiger partial charge < -0.3 is 9.64 Å². The highest BCUT2D eigenvalue weighted by Crippen LogP contribution is 2.45. The molecule has 2 amide bonds. The average molecular weight is 550 g/mol. The molecule has 8 nitrogen and oxygen atoms in total. The van der Waals surface area contributed by atoms with Crippen molar-refractivity contribution in [3.8, 4) is 5.75 Å². The van der Waals surface area contributed by atoms with E-state index in [0.717, 1.165) is 6.26 Å². The number of halogens is 1. The van der Waals surface area contributed by atoms with Crippen molar-refractivity contribution < 1.29 is 27.1 Å². The topological polar surface area (TPSA) is 96.3 Å². The second-order valence-electron chi connectivity index (χ2n) is 9.66. The fourth-order valence-corrected chi connectivity index (χ4v) is 5.75. The van der Waals surface area contributed by atoms with Crippen molar-refractivity contribution in [2.45, 2.75) is 29.8 Å². The lowest BCUT2D eigenvalue weighted by Crippen LogP contribution is -2.50. The normalized spacial score (nSPS) is 19.7. The number of rotatable bonds is 5.